The van der Waals surface area contributed by atoms with Gasteiger partial charge in [0.1, 0.15) is 0 Å². The molecule has 2 saturated heterocycles. The van der Waals surface area contributed by atoms with Crippen molar-refractivity contribution in [2.75, 3.05) is 52.6 Å². The molecular formula is C15H26N2O3. The minimum Gasteiger partial charge on any atom is -0.381 e. The van der Waals surface area contributed by atoms with E-state index in [-0.39, 0.29) is 0 Å². The van der Waals surface area contributed by atoms with Gasteiger partial charge < -0.3 is 14.4 Å². The van der Waals surface area contributed by atoms with Crippen LogP contribution in [0.15, 0.2) is 0 Å². The largest absolute Gasteiger partial charge is 0.381 e. The molecule has 2 heterocycles. The number of carbonyl (C=O) groups excluding carboxylic acids is 1. The number of carbonyl (C=O) groups is 1. The van der Waals surface area contributed by atoms with Gasteiger partial charge in [0.2, 0.25) is 5.91 Å². The zero-order chi connectivity index (χ0) is 13.8. The van der Waals surface area contributed by atoms with E-state index >= 15 is 0 Å². The van der Waals surface area contributed by atoms with E-state index in [0.29, 0.717) is 17.9 Å². The molecule has 0 unspecified atom stereocenters. The van der Waals surface area contributed by atoms with Gasteiger partial charge in [0.05, 0.1) is 13.2 Å². The van der Waals surface area contributed by atoms with Crippen LogP contribution in [0, 0.1) is 5.92 Å². The summed E-state index contributed by atoms with van der Waals surface area (Å²) < 4.78 is 10.8. The van der Waals surface area contributed by atoms with Gasteiger partial charge in [-0.15, -0.1) is 0 Å². The SMILES string of the molecule is O=C(C1CC1)N(CCN1CCOCC1)C1CCOCC1. The summed E-state index contributed by atoms with van der Waals surface area (Å²) in [7, 11) is 0. The van der Waals surface area contributed by atoms with Crippen LogP contribution >= 0.6 is 0 Å². The molecule has 3 fully saturated rings. The Balaban J connectivity index is 1.54. The van der Waals surface area contributed by atoms with Crippen molar-refractivity contribution in [1.82, 2.24) is 9.80 Å². The van der Waals surface area contributed by atoms with Gasteiger partial charge >= 0.3 is 0 Å². The molecule has 3 rings (SSSR count). The highest BCUT2D eigenvalue weighted by atomic mass is 16.5. The summed E-state index contributed by atoms with van der Waals surface area (Å²) in [4.78, 5) is 17.1. The van der Waals surface area contributed by atoms with Crippen LogP contribution in [0.3, 0.4) is 0 Å². The average Bonchev–Trinajstić information content (AvgIpc) is 3.34. The monoisotopic (exact) mass is 282 g/mol. The van der Waals surface area contributed by atoms with Gasteiger partial charge in [0.25, 0.3) is 0 Å². The highest BCUT2D eigenvalue weighted by Gasteiger charge is 2.36. The molecule has 0 aromatic heterocycles. The predicted octanol–water partition coefficient (Wildman–Crippen LogP) is 0.736. The van der Waals surface area contributed by atoms with Crippen LogP contribution < -0.4 is 0 Å². The number of ether oxygens (including phenoxy) is 2. The highest BCUT2D eigenvalue weighted by molar-refractivity contribution is 5.81. The van der Waals surface area contributed by atoms with Crippen LogP contribution in [0.4, 0.5) is 0 Å². The van der Waals surface area contributed by atoms with Crippen molar-refractivity contribution < 1.29 is 14.3 Å². The Morgan fingerprint density at radius 2 is 1.65 bits per heavy atom. The standard InChI is InChI=1S/C15H26N2O3/c18-15(13-1-2-13)17(14-3-9-19-10-4-14)6-5-16-7-11-20-12-8-16/h13-14H,1-12H2. The lowest BCUT2D eigenvalue weighted by Crippen LogP contribution is -2.49. The van der Waals surface area contributed by atoms with Gasteiger partial charge in [-0.2, -0.15) is 0 Å². The van der Waals surface area contributed by atoms with Crippen LogP contribution in [-0.4, -0.2) is 74.4 Å². The van der Waals surface area contributed by atoms with Crippen molar-refractivity contribution >= 4 is 5.91 Å². The molecule has 0 spiro atoms. The first kappa shape index (κ1) is 14.3. The molecule has 2 aliphatic heterocycles. The van der Waals surface area contributed by atoms with E-state index < -0.39 is 0 Å². The smallest absolute Gasteiger partial charge is 0.225 e. The van der Waals surface area contributed by atoms with Gasteiger partial charge in [0.15, 0.2) is 0 Å². The first-order valence-corrected chi connectivity index (χ1v) is 8.03. The van der Waals surface area contributed by atoms with Crippen molar-refractivity contribution in [2.24, 2.45) is 5.92 Å². The Morgan fingerprint density at radius 3 is 2.30 bits per heavy atom. The second kappa shape index (κ2) is 6.87. The van der Waals surface area contributed by atoms with Crippen molar-refractivity contribution in [3.8, 4) is 0 Å². The van der Waals surface area contributed by atoms with Crippen LogP contribution in [0.5, 0.6) is 0 Å². The molecule has 20 heavy (non-hydrogen) atoms. The Hall–Kier alpha value is -0.650. The molecule has 114 valence electrons. The number of rotatable bonds is 5. The molecule has 1 saturated carbocycles. The lowest BCUT2D eigenvalue weighted by molar-refractivity contribution is -0.137. The number of morpholine rings is 1. The van der Waals surface area contributed by atoms with E-state index in [1.807, 2.05) is 0 Å². The predicted molar refractivity (Wildman–Crippen MR) is 75.5 cm³/mol. The van der Waals surface area contributed by atoms with Crippen molar-refractivity contribution in [2.45, 2.75) is 31.7 Å². The number of amides is 1. The zero-order valence-corrected chi connectivity index (χ0v) is 12.3. The molecule has 0 N–H and O–H groups in total. The minimum absolute atomic E-state index is 0.322. The Morgan fingerprint density at radius 1 is 1.00 bits per heavy atom. The van der Waals surface area contributed by atoms with E-state index in [1.54, 1.807) is 0 Å². The molecule has 3 aliphatic rings. The van der Waals surface area contributed by atoms with Crippen molar-refractivity contribution in [1.29, 1.82) is 0 Å². The third kappa shape index (κ3) is 3.71. The number of hydrogen-bond donors (Lipinski definition) is 0. The molecule has 5 heteroatoms. The van der Waals surface area contributed by atoms with E-state index in [0.717, 1.165) is 78.3 Å². The molecule has 5 nitrogen and oxygen atoms in total. The molecule has 0 bridgehead atoms. The second-order valence-electron chi connectivity index (χ2n) is 6.10. The quantitative estimate of drug-likeness (QED) is 0.746. The summed E-state index contributed by atoms with van der Waals surface area (Å²) in [5.74, 6) is 0.715. The molecule has 0 aromatic carbocycles. The third-order valence-corrected chi connectivity index (χ3v) is 4.60. The lowest BCUT2D eigenvalue weighted by atomic mass is 10.1. The van der Waals surface area contributed by atoms with Crippen molar-refractivity contribution in [3.63, 3.8) is 0 Å². The molecule has 1 amide bonds. The molecular weight excluding hydrogens is 256 g/mol. The van der Waals surface area contributed by atoms with E-state index in [4.69, 9.17) is 9.47 Å². The average molecular weight is 282 g/mol. The van der Waals surface area contributed by atoms with Crippen LogP contribution in [0.2, 0.25) is 0 Å². The molecule has 0 aromatic rings. The summed E-state index contributed by atoms with van der Waals surface area (Å²) in [5.41, 5.74) is 0. The summed E-state index contributed by atoms with van der Waals surface area (Å²) in [5, 5.41) is 0. The van der Waals surface area contributed by atoms with Gasteiger partial charge in [-0.05, 0) is 25.7 Å². The van der Waals surface area contributed by atoms with Crippen LogP contribution in [-0.2, 0) is 14.3 Å². The second-order valence-corrected chi connectivity index (χ2v) is 6.10. The maximum Gasteiger partial charge on any atom is 0.225 e. The molecule has 1 aliphatic carbocycles. The summed E-state index contributed by atoms with van der Waals surface area (Å²) in [6.45, 7) is 7.12. The van der Waals surface area contributed by atoms with E-state index in [9.17, 15) is 4.79 Å². The van der Waals surface area contributed by atoms with E-state index in [2.05, 4.69) is 9.80 Å². The molecule has 0 atom stereocenters. The fourth-order valence-electron chi connectivity index (χ4n) is 3.11. The topological polar surface area (TPSA) is 42.0 Å². The fourth-order valence-corrected chi connectivity index (χ4v) is 3.11. The first-order chi connectivity index (χ1) is 9.84. The number of nitrogens with zero attached hydrogens (tertiary/aromatic N) is 2. The summed E-state index contributed by atoms with van der Waals surface area (Å²) >= 11 is 0. The lowest BCUT2D eigenvalue weighted by Gasteiger charge is -2.36. The van der Waals surface area contributed by atoms with Crippen LogP contribution in [0.25, 0.3) is 0 Å². The van der Waals surface area contributed by atoms with E-state index in [1.165, 1.54) is 0 Å². The summed E-state index contributed by atoms with van der Waals surface area (Å²) in [6, 6.07) is 0.401. The van der Waals surface area contributed by atoms with Gasteiger partial charge in [0, 0.05) is 51.4 Å². The number of hydrogen-bond acceptors (Lipinski definition) is 4. The zero-order valence-electron chi connectivity index (χ0n) is 12.3. The summed E-state index contributed by atoms with van der Waals surface area (Å²) in [6.07, 6.45) is 4.19. The first-order valence-electron chi connectivity index (χ1n) is 8.03. The van der Waals surface area contributed by atoms with Gasteiger partial charge in [-0.1, -0.05) is 0 Å². The van der Waals surface area contributed by atoms with Gasteiger partial charge in [-0.3, -0.25) is 9.69 Å². The van der Waals surface area contributed by atoms with Crippen LogP contribution in [0.1, 0.15) is 25.7 Å². The molecule has 0 radical (unpaired) electrons. The Labute approximate surface area is 121 Å². The van der Waals surface area contributed by atoms with Gasteiger partial charge in [-0.25, -0.2) is 0 Å². The minimum atomic E-state index is 0.322. The maximum absolute atomic E-state index is 12.5. The Kier molecular flexibility index (Phi) is 4.91. The fraction of sp³-hybridized carbons (Fsp3) is 0.933. The normalized spacial score (nSPS) is 25.6. The third-order valence-electron chi connectivity index (χ3n) is 4.60. The maximum atomic E-state index is 12.5. The van der Waals surface area contributed by atoms with Crippen molar-refractivity contribution in [3.05, 3.63) is 0 Å². The highest BCUT2D eigenvalue weighted by Crippen LogP contribution is 2.32. The Bertz CT molecular complexity index is 321.